The zero-order valence-corrected chi connectivity index (χ0v) is 33.5. The number of fused-ring (bicyclic) bond motifs is 2. The number of carboxylic acid groups (broad SMARTS) is 2. The van der Waals surface area contributed by atoms with Crippen LogP contribution in [-0.2, 0) is 20.2 Å². The number of quaternary nitrogens is 1. The summed E-state index contributed by atoms with van der Waals surface area (Å²) >= 11 is 0. The van der Waals surface area contributed by atoms with Gasteiger partial charge in [0.1, 0.15) is 9.81 Å². The molecule has 20 nitrogen and oxygen atoms in total. The van der Waals surface area contributed by atoms with Crippen molar-refractivity contribution < 1.29 is 89.7 Å². The molecule has 12 N–H and O–H groups in total. The van der Waals surface area contributed by atoms with E-state index in [0.29, 0.717) is 0 Å². The third kappa shape index (κ3) is 9.77. The number of anilines is 4. The van der Waals surface area contributed by atoms with Crippen LogP contribution in [0.5, 0.6) is 0 Å². The molecular weight excluding hydrogens is 814 g/mol. The first-order chi connectivity index (χ1) is 26.4. The molecule has 0 bridgehead atoms. The number of aromatic carboxylic acids is 2. The van der Waals surface area contributed by atoms with Crippen LogP contribution >= 0.6 is 0 Å². The number of Topliss-reactive ketones (excluding diaryl/α,β-unsaturated/α-hetero) is 2. The second-order valence-corrected chi connectivity index (χ2v) is 14.5. The van der Waals surface area contributed by atoms with E-state index in [-0.39, 0.29) is 91.8 Å². The zero-order valence-electron chi connectivity index (χ0n) is 29.9. The molecule has 0 unspecified atom stereocenters. The van der Waals surface area contributed by atoms with Crippen molar-refractivity contribution in [3.05, 3.63) is 128 Å². The molecule has 0 atom stereocenters. The molecule has 0 radical (unpaired) electrons. The minimum absolute atomic E-state index is 0. The summed E-state index contributed by atoms with van der Waals surface area (Å²) in [6.45, 7) is 0. The number of carbonyl (C=O) groups is 5. The molecule has 292 valence electrons. The van der Waals surface area contributed by atoms with Crippen molar-refractivity contribution in [3.8, 4) is 0 Å². The van der Waals surface area contributed by atoms with Crippen LogP contribution in [0.1, 0.15) is 52.6 Å². The summed E-state index contributed by atoms with van der Waals surface area (Å²) in [5.41, 5.74) is 3.94. The Bertz CT molecular complexity index is 2560. The molecule has 0 fully saturated rings. The Morgan fingerprint density at radius 2 is 0.862 bits per heavy atom. The number of carbonyl (C=O) groups excluding carboxylic acids is 3. The van der Waals surface area contributed by atoms with E-state index < -0.39 is 71.0 Å². The summed E-state index contributed by atoms with van der Waals surface area (Å²) in [5, 5.41) is 30.8. The second-order valence-electron chi connectivity index (χ2n) is 11.7. The monoisotopic (exact) mass is 841 g/mol. The van der Waals surface area contributed by atoms with Crippen LogP contribution in [0.2, 0.25) is 0 Å². The first-order valence-electron chi connectivity index (χ1n) is 15.6. The van der Waals surface area contributed by atoms with Gasteiger partial charge in [-0.25, -0.2) is 14.4 Å². The zero-order chi connectivity index (χ0) is 40.5. The molecule has 0 aromatic heterocycles. The van der Waals surface area contributed by atoms with Gasteiger partial charge in [-0.1, -0.05) is 0 Å². The molecule has 0 saturated carbocycles. The van der Waals surface area contributed by atoms with E-state index in [1.54, 1.807) is 0 Å². The first kappa shape index (κ1) is 44.3. The van der Waals surface area contributed by atoms with Crippen LogP contribution in [0.4, 0.5) is 27.5 Å². The molecule has 0 spiro atoms. The van der Waals surface area contributed by atoms with E-state index in [1.165, 1.54) is 84.9 Å². The molecule has 2 aliphatic rings. The molecule has 4 aromatic carbocycles. The van der Waals surface area contributed by atoms with Crippen LogP contribution in [0.25, 0.3) is 12.2 Å². The summed E-state index contributed by atoms with van der Waals surface area (Å²) in [6.07, 6.45) is 1.93. The number of benzene rings is 4. The SMILES string of the molecule is O=C(Nc1ccc2c(c1)C=C(S(=O)(=O)O)/C(=N\Nc1ccc(C(=O)O)cc1)C2=O)Nc1ccc2c(c1)C=C(S(=O)(=O)O)/C(=N\Nc1ccc(C(=O)O)cc1)C2=O.[NH4+].[Na+]. The molecule has 23 heteroatoms. The predicted molar refractivity (Wildman–Crippen MR) is 208 cm³/mol. The molecule has 6 rings (SSSR count). The Labute approximate surface area is 349 Å². The molecule has 0 aliphatic heterocycles. The third-order valence-corrected chi connectivity index (χ3v) is 9.73. The number of allylic oxidation sites excluding steroid dienone is 2. The van der Waals surface area contributed by atoms with Gasteiger partial charge in [-0.05, 0) is 108 Å². The van der Waals surface area contributed by atoms with Gasteiger partial charge in [-0.3, -0.25) is 29.5 Å². The van der Waals surface area contributed by atoms with Gasteiger partial charge in [-0.2, -0.15) is 27.0 Å². The number of nitrogens with zero attached hydrogens (tertiary/aromatic N) is 2. The van der Waals surface area contributed by atoms with Crippen LogP contribution in [-0.4, -0.2) is 77.1 Å². The maximum absolute atomic E-state index is 13.3. The molecule has 2 amide bonds. The number of ketones is 2. The maximum Gasteiger partial charge on any atom is 1.00 e. The van der Waals surface area contributed by atoms with Crippen molar-refractivity contribution in [3.63, 3.8) is 0 Å². The number of rotatable bonds is 10. The summed E-state index contributed by atoms with van der Waals surface area (Å²) in [5.74, 6) is -4.17. The van der Waals surface area contributed by atoms with Gasteiger partial charge >= 0.3 is 47.5 Å². The fourth-order valence-electron chi connectivity index (χ4n) is 5.35. The van der Waals surface area contributed by atoms with Crippen molar-refractivity contribution in [2.24, 2.45) is 10.2 Å². The van der Waals surface area contributed by atoms with E-state index in [2.05, 4.69) is 31.7 Å². The van der Waals surface area contributed by atoms with E-state index in [9.17, 15) is 49.9 Å². The van der Waals surface area contributed by atoms with Gasteiger partial charge in [0.25, 0.3) is 20.2 Å². The van der Waals surface area contributed by atoms with E-state index >= 15 is 0 Å². The molecule has 4 aromatic rings. The smallest absolute Gasteiger partial charge is 0.478 e. The van der Waals surface area contributed by atoms with Gasteiger partial charge in [0.15, 0.2) is 11.4 Å². The summed E-state index contributed by atoms with van der Waals surface area (Å²) in [6, 6.07) is 17.1. The Morgan fingerprint density at radius 1 is 0.534 bits per heavy atom. The number of urea groups is 1. The maximum atomic E-state index is 13.3. The standard InChI is InChI=1S/C35H24N6O13S2.H3N.Na/c42-31-25-11-9-23(13-19(25)15-27(55(49,50)51)29(31)40-38-21-5-1-17(2-6-21)33(44)45)36-35(48)37-24-10-12-26-20(14-24)16-28(56(52,53)54)30(32(26)43)41-39-22-7-3-18(4-8-22)34(46)47;;/h1-16,38-39H,(H,44,45)(H,46,47)(H2,36,37,48)(H,49,50,51)(H,52,53,54);1H3;/q;;+1/p+1/b40-29+,41-30+;;. The first-order valence-corrected chi connectivity index (χ1v) is 18.5. The molecular formula is C35H28N7NaO13S2+2. The summed E-state index contributed by atoms with van der Waals surface area (Å²) < 4.78 is 68.9. The predicted octanol–water partition coefficient (Wildman–Crippen LogP) is 1.89. The fourth-order valence-corrected chi connectivity index (χ4v) is 6.66. The summed E-state index contributed by atoms with van der Waals surface area (Å²) in [7, 11) is -10.0. The van der Waals surface area contributed by atoms with Crippen LogP contribution in [0, 0.1) is 0 Å². The Morgan fingerprint density at radius 3 is 1.17 bits per heavy atom. The Kier molecular flexibility index (Phi) is 13.3. The second kappa shape index (κ2) is 17.4. The topological polar surface area (TPSA) is 344 Å². The quantitative estimate of drug-likeness (QED) is 0.0625. The van der Waals surface area contributed by atoms with Crippen molar-refractivity contribution >= 4 is 96.1 Å². The number of nitrogens with one attached hydrogen (secondary N) is 4. The van der Waals surface area contributed by atoms with Gasteiger partial charge in [0.05, 0.1) is 22.5 Å². The van der Waals surface area contributed by atoms with Crippen LogP contribution in [0.15, 0.2) is 105 Å². The van der Waals surface area contributed by atoms with Crippen molar-refractivity contribution in [1.82, 2.24) is 6.15 Å². The minimum Gasteiger partial charge on any atom is -0.478 e. The molecule has 58 heavy (non-hydrogen) atoms. The number of hydrogen-bond donors (Lipinski definition) is 9. The number of carboxylic acids is 2. The molecule has 0 heterocycles. The van der Waals surface area contributed by atoms with E-state index in [0.717, 1.165) is 12.2 Å². The van der Waals surface area contributed by atoms with Crippen molar-refractivity contribution in [2.45, 2.75) is 0 Å². The number of hydrazone groups is 2. The Hall–Kier alpha value is -6.37. The van der Waals surface area contributed by atoms with Gasteiger partial charge in [-0.15, -0.1) is 0 Å². The fraction of sp³-hybridized carbons (Fsp3) is 0. The van der Waals surface area contributed by atoms with Crippen LogP contribution < -0.4 is 57.2 Å². The van der Waals surface area contributed by atoms with Gasteiger partial charge in [0.2, 0.25) is 11.6 Å². The van der Waals surface area contributed by atoms with Crippen molar-refractivity contribution in [1.29, 1.82) is 0 Å². The number of amides is 2. The minimum atomic E-state index is -5.02. The average Bonchev–Trinajstić information content (AvgIpc) is 3.13. The largest absolute Gasteiger partial charge is 1.00 e. The van der Waals surface area contributed by atoms with E-state index in [4.69, 9.17) is 10.2 Å². The van der Waals surface area contributed by atoms with Gasteiger partial charge in [0, 0.05) is 22.5 Å². The Balaban J connectivity index is 0.00000372. The average molecular weight is 842 g/mol. The number of hydrogen-bond acceptors (Lipinski definition) is 13. The third-order valence-electron chi connectivity index (χ3n) is 7.99. The normalized spacial score (nSPS) is 14.7. The van der Waals surface area contributed by atoms with Crippen molar-refractivity contribution in [2.75, 3.05) is 21.5 Å². The molecule has 2 aliphatic carbocycles. The van der Waals surface area contributed by atoms with Crippen LogP contribution in [0.3, 0.4) is 0 Å². The summed E-state index contributed by atoms with van der Waals surface area (Å²) in [4.78, 5) is 60.1. The molecule has 0 saturated heterocycles. The van der Waals surface area contributed by atoms with E-state index in [1.807, 2.05) is 0 Å². The van der Waals surface area contributed by atoms with Gasteiger partial charge < -0.3 is 27.0 Å².